The molecule has 0 radical (unpaired) electrons. The van der Waals surface area contributed by atoms with E-state index in [9.17, 15) is 13.2 Å². The Balaban J connectivity index is 1.81. The molecule has 0 N–H and O–H groups in total. The topological polar surface area (TPSA) is 57.7 Å². The number of carbonyl (C=O) groups excluding carboxylic acids is 1. The summed E-state index contributed by atoms with van der Waals surface area (Å²) in [6.45, 7) is 6.67. The summed E-state index contributed by atoms with van der Waals surface area (Å²) in [6, 6.07) is 7.09. The zero-order valence-corrected chi connectivity index (χ0v) is 16.8. The molecule has 6 heteroatoms. The van der Waals surface area contributed by atoms with Crippen molar-refractivity contribution >= 4 is 15.9 Å². The van der Waals surface area contributed by atoms with Crippen LogP contribution in [0.5, 0.6) is 0 Å². The van der Waals surface area contributed by atoms with Crippen molar-refractivity contribution in [2.75, 3.05) is 13.1 Å². The van der Waals surface area contributed by atoms with Gasteiger partial charge in [-0.1, -0.05) is 26.7 Å². The lowest BCUT2D eigenvalue weighted by Crippen LogP contribution is -2.42. The van der Waals surface area contributed by atoms with E-state index in [0.29, 0.717) is 30.6 Å². The lowest BCUT2D eigenvalue weighted by molar-refractivity contribution is 0.0633. The number of hydrogen-bond acceptors (Lipinski definition) is 3. The van der Waals surface area contributed by atoms with Crippen molar-refractivity contribution in [2.45, 2.75) is 69.9 Å². The zero-order chi connectivity index (χ0) is 18.9. The monoisotopic (exact) mass is 378 g/mol. The summed E-state index contributed by atoms with van der Waals surface area (Å²) >= 11 is 0. The Kier molecular flexibility index (Phi) is 5.72. The SMILES string of the molecule is CCN(CC)S(=O)(=O)c1ccc(C(=O)N2C(C)CC3CCCCC32)cc1. The van der Waals surface area contributed by atoms with Crippen molar-refractivity contribution < 1.29 is 13.2 Å². The van der Waals surface area contributed by atoms with Gasteiger partial charge in [0.25, 0.3) is 5.91 Å². The van der Waals surface area contributed by atoms with Crippen LogP contribution in [0.4, 0.5) is 0 Å². The molecule has 1 aliphatic carbocycles. The van der Waals surface area contributed by atoms with Gasteiger partial charge in [-0.05, 0) is 56.4 Å². The van der Waals surface area contributed by atoms with Crippen LogP contribution in [0.3, 0.4) is 0 Å². The molecule has 0 aromatic heterocycles. The summed E-state index contributed by atoms with van der Waals surface area (Å²) in [4.78, 5) is 15.4. The maximum absolute atomic E-state index is 13.1. The van der Waals surface area contributed by atoms with Gasteiger partial charge in [0, 0.05) is 30.7 Å². The fourth-order valence-corrected chi connectivity index (χ4v) is 6.15. The third-order valence-electron chi connectivity index (χ3n) is 6.02. The number of benzene rings is 1. The van der Waals surface area contributed by atoms with Crippen LogP contribution < -0.4 is 0 Å². The molecule has 3 atom stereocenters. The smallest absolute Gasteiger partial charge is 0.254 e. The number of nitrogens with zero attached hydrogens (tertiary/aromatic N) is 2. The van der Waals surface area contributed by atoms with Crippen LogP contribution in [0.15, 0.2) is 29.2 Å². The van der Waals surface area contributed by atoms with Crippen LogP contribution in [0.25, 0.3) is 0 Å². The fraction of sp³-hybridized carbons (Fsp3) is 0.650. The Morgan fingerprint density at radius 2 is 1.73 bits per heavy atom. The lowest BCUT2D eigenvalue weighted by atomic mass is 9.85. The first-order valence-corrected chi connectivity index (χ1v) is 11.3. The Labute approximate surface area is 157 Å². The largest absolute Gasteiger partial charge is 0.333 e. The molecule has 2 fully saturated rings. The van der Waals surface area contributed by atoms with Crippen molar-refractivity contribution in [1.29, 1.82) is 0 Å². The minimum atomic E-state index is -3.48. The molecule has 1 saturated heterocycles. The second kappa shape index (κ2) is 7.69. The summed E-state index contributed by atoms with van der Waals surface area (Å²) in [7, 11) is -3.48. The van der Waals surface area contributed by atoms with Crippen molar-refractivity contribution in [2.24, 2.45) is 5.92 Å². The van der Waals surface area contributed by atoms with E-state index in [1.807, 2.05) is 13.8 Å². The van der Waals surface area contributed by atoms with E-state index in [1.165, 1.54) is 23.6 Å². The van der Waals surface area contributed by atoms with Crippen LogP contribution in [0.1, 0.15) is 63.2 Å². The average Bonchev–Trinajstić information content (AvgIpc) is 2.97. The Hall–Kier alpha value is -1.40. The van der Waals surface area contributed by atoms with E-state index in [1.54, 1.807) is 24.3 Å². The number of sulfonamides is 1. The molecule has 2 aliphatic rings. The molecule has 0 bridgehead atoms. The zero-order valence-electron chi connectivity index (χ0n) is 16.0. The molecule has 3 unspecified atom stereocenters. The molecule has 1 aromatic rings. The minimum Gasteiger partial charge on any atom is -0.333 e. The van der Waals surface area contributed by atoms with Gasteiger partial charge in [0.1, 0.15) is 0 Å². The van der Waals surface area contributed by atoms with Crippen LogP contribution in [0.2, 0.25) is 0 Å². The highest BCUT2D eigenvalue weighted by Crippen LogP contribution is 2.40. The molecular weight excluding hydrogens is 348 g/mol. The van der Waals surface area contributed by atoms with Crippen LogP contribution >= 0.6 is 0 Å². The quantitative estimate of drug-likeness (QED) is 0.788. The first-order valence-electron chi connectivity index (χ1n) is 9.83. The van der Waals surface area contributed by atoms with Gasteiger partial charge >= 0.3 is 0 Å². The summed E-state index contributed by atoms with van der Waals surface area (Å²) < 4.78 is 26.6. The highest BCUT2D eigenvalue weighted by molar-refractivity contribution is 7.89. The maximum atomic E-state index is 13.1. The summed E-state index contributed by atoms with van der Waals surface area (Å²) in [5.41, 5.74) is 0.585. The third kappa shape index (κ3) is 3.41. The molecule has 0 spiro atoms. The maximum Gasteiger partial charge on any atom is 0.254 e. The van der Waals surface area contributed by atoms with E-state index in [2.05, 4.69) is 11.8 Å². The predicted molar refractivity (Wildman–Crippen MR) is 103 cm³/mol. The Bertz CT molecular complexity index is 741. The van der Waals surface area contributed by atoms with E-state index in [0.717, 1.165) is 12.8 Å². The fourth-order valence-electron chi connectivity index (χ4n) is 4.69. The Morgan fingerprint density at radius 1 is 1.12 bits per heavy atom. The summed E-state index contributed by atoms with van der Waals surface area (Å²) in [5, 5.41) is 0. The van der Waals surface area contributed by atoms with Gasteiger partial charge in [-0.3, -0.25) is 4.79 Å². The Morgan fingerprint density at radius 3 is 2.35 bits per heavy atom. The van der Waals surface area contributed by atoms with Crippen molar-refractivity contribution in [1.82, 2.24) is 9.21 Å². The normalized spacial score (nSPS) is 26.2. The van der Waals surface area contributed by atoms with E-state index >= 15 is 0 Å². The molecular formula is C20H30N2O3S. The first-order chi connectivity index (χ1) is 12.4. The number of rotatable bonds is 5. The van der Waals surface area contributed by atoms with Gasteiger partial charge in [0.2, 0.25) is 10.0 Å². The molecule has 144 valence electrons. The molecule has 3 rings (SSSR count). The predicted octanol–water partition coefficient (Wildman–Crippen LogP) is 3.51. The number of fused-ring (bicyclic) bond motifs is 1. The lowest BCUT2D eigenvalue weighted by Gasteiger charge is -2.33. The highest BCUT2D eigenvalue weighted by atomic mass is 32.2. The number of likely N-dealkylation sites (tertiary alicyclic amines) is 1. The van der Waals surface area contributed by atoms with Gasteiger partial charge in [0.05, 0.1) is 4.90 Å². The van der Waals surface area contributed by atoms with Crippen LogP contribution in [0, 0.1) is 5.92 Å². The van der Waals surface area contributed by atoms with E-state index in [4.69, 9.17) is 0 Å². The van der Waals surface area contributed by atoms with Crippen LogP contribution in [-0.4, -0.2) is 48.7 Å². The van der Waals surface area contributed by atoms with E-state index < -0.39 is 10.0 Å². The molecule has 1 aromatic carbocycles. The van der Waals surface area contributed by atoms with E-state index in [-0.39, 0.29) is 16.8 Å². The number of carbonyl (C=O) groups is 1. The summed E-state index contributed by atoms with van der Waals surface area (Å²) in [5.74, 6) is 0.670. The summed E-state index contributed by atoms with van der Waals surface area (Å²) in [6.07, 6.45) is 5.87. The molecule has 1 heterocycles. The van der Waals surface area contributed by atoms with Gasteiger partial charge in [-0.15, -0.1) is 0 Å². The first kappa shape index (κ1) is 19.4. The van der Waals surface area contributed by atoms with Crippen molar-refractivity contribution in [3.8, 4) is 0 Å². The highest BCUT2D eigenvalue weighted by Gasteiger charge is 2.42. The molecule has 1 aliphatic heterocycles. The molecule has 5 nitrogen and oxygen atoms in total. The molecule has 26 heavy (non-hydrogen) atoms. The van der Waals surface area contributed by atoms with Crippen molar-refractivity contribution in [3.63, 3.8) is 0 Å². The van der Waals surface area contributed by atoms with Gasteiger partial charge < -0.3 is 4.90 Å². The minimum absolute atomic E-state index is 0.0405. The standard InChI is InChI=1S/C20H30N2O3S/c1-4-21(5-2)26(24,25)18-12-10-16(11-13-18)20(23)22-15(3)14-17-8-6-7-9-19(17)22/h10-13,15,17,19H,4-9,14H2,1-3H3. The second-order valence-electron chi connectivity index (χ2n) is 7.52. The van der Waals surface area contributed by atoms with Gasteiger partial charge in [0.15, 0.2) is 0 Å². The molecule has 1 amide bonds. The van der Waals surface area contributed by atoms with Gasteiger partial charge in [-0.2, -0.15) is 4.31 Å². The molecule has 1 saturated carbocycles. The van der Waals surface area contributed by atoms with Gasteiger partial charge in [-0.25, -0.2) is 8.42 Å². The van der Waals surface area contributed by atoms with Crippen LogP contribution in [-0.2, 0) is 10.0 Å². The van der Waals surface area contributed by atoms with Crippen molar-refractivity contribution in [3.05, 3.63) is 29.8 Å². The number of amides is 1. The average molecular weight is 379 g/mol. The second-order valence-corrected chi connectivity index (χ2v) is 9.46. The number of hydrogen-bond donors (Lipinski definition) is 0. The third-order valence-corrected chi connectivity index (χ3v) is 8.09.